The molecule has 0 radical (unpaired) electrons. The summed E-state index contributed by atoms with van der Waals surface area (Å²) in [6.45, 7) is 0. The number of aromatic nitrogens is 3. The lowest BCUT2D eigenvalue weighted by atomic mass is 10.3. The van der Waals surface area contributed by atoms with Crippen LogP contribution in [0.3, 0.4) is 0 Å². The van der Waals surface area contributed by atoms with Crippen molar-refractivity contribution in [1.29, 1.82) is 0 Å². The Kier molecular flexibility index (Phi) is 1.55. The monoisotopic (exact) mass is 181 g/mol. The van der Waals surface area contributed by atoms with Crippen LogP contribution in [0.15, 0.2) is 23.4 Å². The molecule has 0 saturated heterocycles. The molecule has 60 valence electrons. The molecule has 2 aromatic rings. The molecule has 0 atom stereocenters. The standard InChI is InChI=1S/C7H4ClN3O/c8-5-3-9-1-4-2-10-7(12)11-6(4)5/h1-3H,(H,10,11,12). The Balaban J connectivity index is 2.97. The van der Waals surface area contributed by atoms with Crippen molar-refractivity contribution in [2.75, 3.05) is 0 Å². The van der Waals surface area contributed by atoms with Gasteiger partial charge in [-0.3, -0.25) is 4.98 Å². The van der Waals surface area contributed by atoms with E-state index in [0.717, 1.165) is 5.39 Å². The number of nitrogens with zero attached hydrogens (tertiary/aromatic N) is 2. The van der Waals surface area contributed by atoms with Gasteiger partial charge in [0.15, 0.2) is 0 Å². The molecule has 0 aliphatic carbocycles. The van der Waals surface area contributed by atoms with E-state index >= 15 is 0 Å². The van der Waals surface area contributed by atoms with Gasteiger partial charge >= 0.3 is 5.69 Å². The summed E-state index contributed by atoms with van der Waals surface area (Å²) in [6.07, 6.45) is 4.50. The van der Waals surface area contributed by atoms with Gasteiger partial charge in [0.1, 0.15) is 0 Å². The van der Waals surface area contributed by atoms with Crippen molar-refractivity contribution in [3.63, 3.8) is 0 Å². The molecule has 2 aromatic heterocycles. The van der Waals surface area contributed by atoms with Crippen molar-refractivity contribution in [2.45, 2.75) is 0 Å². The van der Waals surface area contributed by atoms with Crippen LogP contribution >= 0.6 is 11.6 Å². The van der Waals surface area contributed by atoms with Crippen LogP contribution in [0.1, 0.15) is 0 Å². The second kappa shape index (κ2) is 2.57. The van der Waals surface area contributed by atoms with Gasteiger partial charge in [-0.25, -0.2) is 9.78 Å². The summed E-state index contributed by atoms with van der Waals surface area (Å²) < 4.78 is 0. The molecule has 0 aromatic carbocycles. The molecule has 2 rings (SSSR count). The molecule has 0 fully saturated rings. The maximum absolute atomic E-state index is 10.8. The first-order valence-corrected chi connectivity index (χ1v) is 3.64. The van der Waals surface area contributed by atoms with Crippen molar-refractivity contribution in [1.82, 2.24) is 15.0 Å². The summed E-state index contributed by atoms with van der Waals surface area (Å²) in [7, 11) is 0. The number of aromatic amines is 1. The fourth-order valence-electron chi connectivity index (χ4n) is 0.947. The van der Waals surface area contributed by atoms with Gasteiger partial charge in [-0.2, -0.15) is 0 Å². The summed E-state index contributed by atoms with van der Waals surface area (Å²) >= 11 is 5.77. The van der Waals surface area contributed by atoms with Crippen LogP contribution in [0, 0.1) is 0 Å². The number of H-pyrrole nitrogens is 1. The molecule has 0 saturated carbocycles. The number of rotatable bonds is 0. The molecular weight excluding hydrogens is 178 g/mol. The number of hydrogen-bond donors (Lipinski definition) is 1. The molecule has 1 N–H and O–H groups in total. The van der Waals surface area contributed by atoms with Crippen molar-refractivity contribution < 1.29 is 0 Å². The maximum Gasteiger partial charge on any atom is 0.345 e. The molecule has 0 amide bonds. The van der Waals surface area contributed by atoms with Gasteiger partial charge in [-0.05, 0) is 0 Å². The van der Waals surface area contributed by atoms with Crippen LogP contribution in [0.5, 0.6) is 0 Å². The molecule has 0 unspecified atom stereocenters. The highest BCUT2D eigenvalue weighted by Crippen LogP contribution is 2.16. The van der Waals surface area contributed by atoms with Crippen LogP contribution in [0.25, 0.3) is 10.9 Å². The lowest BCUT2D eigenvalue weighted by molar-refractivity contribution is 1.11. The molecule has 12 heavy (non-hydrogen) atoms. The SMILES string of the molecule is O=c1ncc2cncc(Cl)c2[nH]1. The molecular formula is C7H4ClN3O. The minimum Gasteiger partial charge on any atom is -0.304 e. The second-order valence-corrected chi connectivity index (χ2v) is 2.68. The van der Waals surface area contributed by atoms with Gasteiger partial charge in [0, 0.05) is 24.0 Å². The second-order valence-electron chi connectivity index (χ2n) is 2.27. The Morgan fingerprint density at radius 3 is 3.00 bits per heavy atom. The number of nitrogens with one attached hydrogen (secondary N) is 1. The summed E-state index contributed by atoms with van der Waals surface area (Å²) in [5, 5.41) is 1.15. The first-order chi connectivity index (χ1) is 5.77. The van der Waals surface area contributed by atoms with E-state index in [4.69, 9.17) is 11.6 Å². The Hall–Kier alpha value is -1.42. The average Bonchev–Trinajstić information content (AvgIpc) is 2.07. The van der Waals surface area contributed by atoms with Gasteiger partial charge in [0.2, 0.25) is 0 Å². The van der Waals surface area contributed by atoms with Crippen LogP contribution in [0.2, 0.25) is 5.02 Å². The molecule has 0 bridgehead atoms. The van der Waals surface area contributed by atoms with Crippen molar-refractivity contribution in [2.24, 2.45) is 0 Å². The number of hydrogen-bond acceptors (Lipinski definition) is 3. The molecule has 5 heteroatoms. The first-order valence-electron chi connectivity index (χ1n) is 3.26. The third kappa shape index (κ3) is 1.06. The van der Waals surface area contributed by atoms with Crippen molar-refractivity contribution in [3.05, 3.63) is 34.1 Å². The topological polar surface area (TPSA) is 58.6 Å². The van der Waals surface area contributed by atoms with Crippen LogP contribution < -0.4 is 5.69 Å². The highest BCUT2D eigenvalue weighted by atomic mass is 35.5. The highest BCUT2D eigenvalue weighted by Gasteiger charge is 1.98. The van der Waals surface area contributed by atoms with E-state index in [-0.39, 0.29) is 0 Å². The van der Waals surface area contributed by atoms with Crippen LogP contribution in [0.4, 0.5) is 0 Å². The number of fused-ring (bicyclic) bond motifs is 1. The van der Waals surface area contributed by atoms with E-state index in [1.165, 1.54) is 12.4 Å². The van der Waals surface area contributed by atoms with Gasteiger partial charge in [-0.15, -0.1) is 0 Å². The van der Waals surface area contributed by atoms with E-state index in [0.29, 0.717) is 10.5 Å². The lowest BCUT2D eigenvalue weighted by Gasteiger charge is -1.95. The Labute approximate surface area is 72.2 Å². The smallest absolute Gasteiger partial charge is 0.304 e. The minimum atomic E-state index is -0.407. The maximum atomic E-state index is 10.8. The summed E-state index contributed by atoms with van der Waals surface area (Å²) in [6, 6.07) is 0. The molecule has 2 heterocycles. The van der Waals surface area contributed by atoms with Crippen LogP contribution in [-0.2, 0) is 0 Å². The molecule has 4 nitrogen and oxygen atoms in total. The van der Waals surface area contributed by atoms with Crippen molar-refractivity contribution >= 4 is 22.5 Å². The highest BCUT2D eigenvalue weighted by molar-refractivity contribution is 6.34. The van der Waals surface area contributed by atoms with Gasteiger partial charge in [0.05, 0.1) is 10.5 Å². The van der Waals surface area contributed by atoms with Gasteiger partial charge in [0.25, 0.3) is 0 Å². The predicted octanol–water partition coefficient (Wildman–Crippen LogP) is 0.972. The van der Waals surface area contributed by atoms with Crippen LogP contribution in [-0.4, -0.2) is 15.0 Å². The minimum absolute atomic E-state index is 0.407. The number of pyridine rings is 1. The Morgan fingerprint density at radius 2 is 2.17 bits per heavy atom. The van der Waals surface area contributed by atoms with E-state index in [9.17, 15) is 4.79 Å². The third-order valence-corrected chi connectivity index (χ3v) is 1.77. The fourth-order valence-corrected chi connectivity index (χ4v) is 1.16. The number of halogens is 1. The van der Waals surface area contributed by atoms with E-state index in [1.807, 2.05) is 0 Å². The third-order valence-electron chi connectivity index (χ3n) is 1.48. The van der Waals surface area contributed by atoms with E-state index in [1.54, 1.807) is 6.20 Å². The van der Waals surface area contributed by atoms with Gasteiger partial charge in [-0.1, -0.05) is 11.6 Å². The lowest BCUT2D eigenvalue weighted by Crippen LogP contribution is -2.08. The largest absolute Gasteiger partial charge is 0.345 e. The molecule has 0 spiro atoms. The van der Waals surface area contributed by atoms with E-state index in [2.05, 4.69) is 15.0 Å². The average molecular weight is 182 g/mol. The normalized spacial score (nSPS) is 10.4. The van der Waals surface area contributed by atoms with Gasteiger partial charge < -0.3 is 4.98 Å². The Morgan fingerprint density at radius 1 is 1.33 bits per heavy atom. The summed E-state index contributed by atoms with van der Waals surface area (Å²) in [5.74, 6) is 0. The Bertz CT molecular complexity index is 479. The quantitative estimate of drug-likeness (QED) is 0.659. The van der Waals surface area contributed by atoms with Crippen molar-refractivity contribution in [3.8, 4) is 0 Å². The summed E-state index contributed by atoms with van der Waals surface area (Å²) in [5.41, 5.74) is 0.169. The summed E-state index contributed by atoms with van der Waals surface area (Å²) in [4.78, 5) is 20.7. The fraction of sp³-hybridized carbons (Fsp3) is 0. The first kappa shape index (κ1) is 7.24. The zero-order valence-electron chi connectivity index (χ0n) is 5.91. The molecule has 0 aliphatic heterocycles. The zero-order valence-corrected chi connectivity index (χ0v) is 6.67. The van der Waals surface area contributed by atoms with E-state index < -0.39 is 5.69 Å². The predicted molar refractivity (Wildman–Crippen MR) is 45.2 cm³/mol. The molecule has 0 aliphatic rings. The zero-order chi connectivity index (χ0) is 8.55.